The lowest BCUT2D eigenvalue weighted by molar-refractivity contribution is -0.643. The summed E-state index contributed by atoms with van der Waals surface area (Å²) in [5, 5.41) is 5.05. The first-order valence-electron chi connectivity index (χ1n) is 10.1. The maximum absolute atomic E-state index is 15.4. The fourth-order valence-corrected chi connectivity index (χ4v) is 5.35. The molecule has 0 amide bonds. The Bertz CT molecular complexity index is 1650. The first-order valence-corrected chi connectivity index (χ1v) is 10.1. The Morgan fingerprint density at radius 3 is 2.31 bits per heavy atom. The molecule has 142 valence electrons. The lowest BCUT2D eigenvalue weighted by atomic mass is 9.91. The number of rotatable bonds is 0. The molecule has 0 aliphatic rings. The molecule has 0 aliphatic heterocycles. The number of hydrogen-bond acceptors (Lipinski definition) is 0. The van der Waals surface area contributed by atoms with Crippen LogP contribution in [0, 0.1) is 33.5 Å². The topological polar surface area (TPSA) is 8.29 Å². The van der Waals surface area contributed by atoms with Gasteiger partial charge in [-0.05, 0) is 67.5 Å². The number of benzene rings is 3. The van der Waals surface area contributed by atoms with Gasteiger partial charge in [-0.1, -0.05) is 18.2 Å². The average molecular weight is 381 g/mol. The van der Waals surface area contributed by atoms with Gasteiger partial charge in [0.05, 0.1) is 27.3 Å². The number of aryl methyl sites for hydroxylation is 3. The maximum atomic E-state index is 15.4. The largest absolute Gasteiger partial charge is 0.307 e. The number of nitrogens with zero attached hydrogens (tertiary/aromatic N) is 2. The van der Waals surface area contributed by atoms with E-state index in [1.165, 1.54) is 38.7 Å². The molecule has 3 aromatic heterocycles. The van der Waals surface area contributed by atoms with Crippen LogP contribution in [0.25, 0.3) is 49.0 Å². The molecule has 3 heteroatoms. The zero-order valence-corrected chi connectivity index (χ0v) is 17.3. The highest BCUT2D eigenvalue weighted by atomic mass is 19.1. The number of para-hydroxylation sites is 1. The molecule has 0 saturated carbocycles. The van der Waals surface area contributed by atoms with Crippen molar-refractivity contribution < 1.29 is 8.96 Å². The Balaban J connectivity index is 2.20. The summed E-state index contributed by atoms with van der Waals surface area (Å²) < 4.78 is 19.9. The van der Waals surface area contributed by atoms with Crippen molar-refractivity contribution in [2.45, 2.75) is 27.7 Å². The summed E-state index contributed by atoms with van der Waals surface area (Å²) in [6.45, 7) is 8.83. The van der Waals surface area contributed by atoms with Gasteiger partial charge in [0.15, 0.2) is 6.20 Å². The van der Waals surface area contributed by atoms with E-state index >= 15 is 4.39 Å². The maximum Gasteiger partial charge on any atom is 0.224 e. The van der Waals surface area contributed by atoms with Crippen LogP contribution in [-0.4, -0.2) is 4.40 Å². The smallest absolute Gasteiger partial charge is 0.224 e. The summed E-state index contributed by atoms with van der Waals surface area (Å²) >= 11 is 0. The molecule has 0 N–H and O–H groups in total. The number of fused-ring (bicyclic) bond motifs is 6. The summed E-state index contributed by atoms with van der Waals surface area (Å²) in [7, 11) is 2.09. The van der Waals surface area contributed by atoms with Crippen molar-refractivity contribution in [3.63, 3.8) is 0 Å². The van der Waals surface area contributed by atoms with Crippen LogP contribution in [0.3, 0.4) is 0 Å². The predicted molar refractivity (Wildman–Crippen MR) is 119 cm³/mol. The van der Waals surface area contributed by atoms with E-state index in [1.807, 2.05) is 24.3 Å². The molecule has 0 aliphatic carbocycles. The van der Waals surface area contributed by atoms with Crippen LogP contribution in [0.1, 0.15) is 22.3 Å². The molecule has 3 heterocycles. The number of halogens is 1. The van der Waals surface area contributed by atoms with Crippen LogP contribution in [0.4, 0.5) is 4.39 Å². The van der Waals surface area contributed by atoms with Crippen LogP contribution < -0.4 is 4.57 Å². The van der Waals surface area contributed by atoms with Crippen LogP contribution in [0.15, 0.2) is 42.6 Å². The highest BCUT2D eigenvalue weighted by Gasteiger charge is 2.27. The second-order valence-electron chi connectivity index (χ2n) is 8.40. The van der Waals surface area contributed by atoms with E-state index < -0.39 is 0 Å². The van der Waals surface area contributed by atoms with Gasteiger partial charge in [0.1, 0.15) is 12.9 Å². The van der Waals surface area contributed by atoms with Gasteiger partial charge in [-0.2, -0.15) is 0 Å². The van der Waals surface area contributed by atoms with Crippen LogP contribution in [0.5, 0.6) is 0 Å². The zero-order chi connectivity index (χ0) is 20.2. The van der Waals surface area contributed by atoms with E-state index in [0.29, 0.717) is 0 Å². The van der Waals surface area contributed by atoms with E-state index in [0.717, 1.165) is 32.6 Å². The van der Waals surface area contributed by atoms with E-state index in [-0.39, 0.29) is 5.82 Å². The SMILES string of the molecule is Cc1c(C)c(C)c2c(c1C)c1c3c(cc[n+]1C)cc(F)c1c4ccccc4n2c13. The van der Waals surface area contributed by atoms with Gasteiger partial charge in [-0.3, -0.25) is 0 Å². The Morgan fingerprint density at radius 1 is 0.793 bits per heavy atom. The van der Waals surface area contributed by atoms with Crippen molar-refractivity contribution >= 4 is 49.0 Å². The molecule has 0 unspecified atom stereocenters. The molecule has 6 aromatic rings. The monoisotopic (exact) mass is 381 g/mol. The van der Waals surface area contributed by atoms with Crippen LogP contribution in [-0.2, 0) is 7.05 Å². The van der Waals surface area contributed by atoms with Gasteiger partial charge in [-0.15, -0.1) is 0 Å². The van der Waals surface area contributed by atoms with Crippen molar-refractivity contribution in [3.05, 3.63) is 70.7 Å². The summed E-state index contributed by atoms with van der Waals surface area (Å²) in [5.41, 5.74) is 9.63. The molecule has 6 rings (SSSR count). The van der Waals surface area contributed by atoms with Gasteiger partial charge in [-0.25, -0.2) is 8.96 Å². The van der Waals surface area contributed by atoms with Crippen LogP contribution >= 0.6 is 0 Å². The molecule has 0 bridgehead atoms. The van der Waals surface area contributed by atoms with E-state index in [9.17, 15) is 0 Å². The third-order valence-corrected chi connectivity index (χ3v) is 7.10. The third-order valence-electron chi connectivity index (χ3n) is 7.10. The van der Waals surface area contributed by atoms with Crippen molar-refractivity contribution in [2.75, 3.05) is 0 Å². The normalized spacial score (nSPS) is 12.5. The molecule has 0 atom stereocenters. The van der Waals surface area contributed by atoms with E-state index in [1.54, 1.807) is 6.07 Å². The second kappa shape index (κ2) is 5.24. The molecule has 0 saturated heterocycles. The van der Waals surface area contributed by atoms with E-state index in [2.05, 4.69) is 56.0 Å². The Kier molecular flexibility index (Phi) is 3.02. The minimum absolute atomic E-state index is 0.149. The molecule has 3 aromatic carbocycles. The molecular weight excluding hydrogens is 359 g/mol. The lowest BCUT2D eigenvalue weighted by Crippen LogP contribution is -2.29. The fraction of sp³-hybridized carbons (Fsp3) is 0.192. The fourth-order valence-electron chi connectivity index (χ4n) is 5.35. The molecule has 0 spiro atoms. The van der Waals surface area contributed by atoms with E-state index in [4.69, 9.17) is 0 Å². The zero-order valence-electron chi connectivity index (χ0n) is 17.3. The predicted octanol–water partition coefficient (Wildman–Crippen LogP) is 6.19. The molecule has 2 nitrogen and oxygen atoms in total. The molecular formula is C26H22FN2+. The minimum atomic E-state index is -0.149. The first-order chi connectivity index (χ1) is 13.9. The van der Waals surface area contributed by atoms with Gasteiger partial charge in [0.2, 0.25) is 5.52 Å². The van der Waals surface area contributed by atoms with Crippen molar-refractivity contribution in [1.29, 1.82) is 0 Å². The van der Waals surface area contributed by atoms with Gasteiger partial charge < -0.3 is 4.40 Å². The highest BCUT2D eigenvalue weighted by Crippen LogP contribution is 2.43. The first kappa shape index (κ1) is 16.7. The molecule has 0 fully saturated rings. The standard InChI is InChI=1S/C26H22FN2/c1-13-14(2)16(4)24-21(15(13)3)25-22-17(10-11-28(25)5)12-19(27)23-18-8-6-7-9-20(18)29(24)26(22)23/h6-12H,1-5H3/q+1. The average Bonchev–Trinajstić information content (AvgIpc) is 3.07. The number of pyridine rings is 2. The molecule has 29 heavy (non-hydrogen) atoms. The van der Waals surface area contributed by atoms with Crippen LogP contribution in [0.2, 0.25) is 0 Å². The van der Waals surface area contributed by atoms with Crippen molar-refractivity contribution in [3.8, 4) is 0 Å². The van der Waals surface area contributed by atoms with Gasteiger partial charge in [0.25, 0.3) is 0 Å². The minimum Gasteiger partial charge on any atom is -0.307 e. The summed E-state index contributed by atoms with van der Waals surface area (Å²) in [4.78, 5) is 0. The highest BCUT2D eigenvalue weighted by molar-refractivity contribution is 6.27. The van der Waals surface area contributed by atoms with Gasteiger partial charge >= 0.3 is 0 Å². The van der Waals surface area contributed by atoms with Gasteiger partial charge in [0, 0.05) is 16.8 Å². The summed E-state index contributed by atoms with van der Waals surface area (Å²) in [5.74, 6) is -0.149. The Morgan fingerprint density at radius 2 is 1.52 bits per heavy atom. The van der Waals surface area contributed by atoms with Crippen molar-refractivity contribution in [1.82, 2.24) is 4.40 Å². The molecule has 0 radical (unpaired) electrons. The Hall–Kier alpha value is -3.20. The third kappa shape index (κ3) is 1.79. The van der Waals surface area contributed by atoms with Crippen molar-refractivity contribution in [2.24, 2.45) is 7.05 Å². The quantitative estimate of drug-likeness (QED) is 0.168. The summed E-state index contributed by atoms with van der Waals surface area (Å²) in [6, 6.07) is 11.9. The second-order valence-corrected chi connectivity index (χ2v) is 8.40. The Labute approximate surface area is 168 Å². The lowest BCUT2D eigenvalue weighted by Gasteiger charge is -2.18. The number of hydrogen-bond donors (Lipinski definition) is 0. The summed E-state index contributed by atoms with van der Waals surface area (Å²) in [6.07, 6.45) is 2.05. The number of aromatic nitrogens is 2.